The lowest BCUT2D eigenvalue weighted by Gasteiger charge is -2.30. The maximum Gasteiger partial charge on any atom is 0.144 e. The largest absolute Gasteiger partial charge is 0.456 e. The Hall–Kier alpha value is -7.62. The van der Waals surface area contributed by atoms with Gasteiger partial charge in [0.1, 0.15) is 22.3 Å². The minimum absolute atomic E-state index is 0.127. The smallest absolute Gasteiger partial charge is 0.144 e. The minimum atomic E-state index is -0.127. The standard InChI is InChI=1S/C57H39NO2/c1-57(2)48-25-12-9-21-43(48)44-33-32-40(34-49(44)57)58(50-26-13-10-20-41(50)36-16-5-3-6-17-36)39-30-28-37(29-31-39)42-23-15-24-45-47-35-52-54(46-22-11-14-27-51(46)59-52)53(56(47)60-55(42)45)38-18-7-4-8-19-38/h3-35H,1-2H3. The molecule has 0 aliphatic heterocycles. The van der Waals surface area contributed by atoms with Crippen LogP contribution >= 0.6 is 0 Å². The average Bonchev–Trinajstić information content (AvgIpc) is 3.94. The number of furan rings is 2. The number of benzene rings is 9. The molecule has 0 bridgehead atoms. The summed E-state index contributed by atoms with van der Waals surface area (Å²) in [7, 11) is 0. The molecular formula is C57H39NO2. The lowest BCUT2D eigenvalue weighted by atomic mass is 9.82. The Morgan fingerprint density at radius 1 is 0.383 bits per heavy atom. The molecule has 0 radical (unpaired) electrons. The quantitative estimate of drug-likeness (QED) is 0.169. The average molecular weight is 770 g/mol. The molecule has 12 rings (SSSR count). The Balaban J connectivity index is 1.03. The molecule has 0 fully saturated rings. The van der Waals surface area contributed by atoms with E-state index in [2.05, 4.69) is 207 Å². The zero-order valence-corrected chi connectivity index (χ0v) is 33.3. The summed E-state index contributed by atoms with van der Waals surface area (Å²) >= 11 is 0. The second-order valence-electron chi connectivity index (χ2n) is 16.4. The van der Waals surface area contributed by atoms with Gasteiger partial charge in [-0.15, -0.1) is 0 Å². The molecule has 0 atom stereocenters. The Morgan fingerprint density at radius 3 is 1.82 bits per heavy atom. The summed E-state index contributed by atoms with van der Waals surface area (Å²) in [6.45, 7) is 4.69. The Bertz CT molecular complexity index is 3450. The normalized spacial score (nSPS) is 13.0. The van der Waals surface area contributed by atoms with Gasteiger partial charge in [-0.2, -0.15) is 0 Å². The van der Waals surface area contributed by atoms with Crippen LogP contribution in [0.5, 0.6) is 0 Å². The zero-order chi connectivity index (χ0) is 40.0. The maximum atomic E-state index is 7.07. The number of anilines is 3. The molecule has 3 heteroatoms. The van der Waals surface area contributed by atoms with Crippen LogP contribution in [0, 0.1) is 0 Å². The third-order valence-electron chi connectivity index (χ3n) is 12.7. The number of rotatable bonds is 6. The third kappa shape index (κ3) is 5.15. The van der Waals surface area contributed by atoms with E-state index in [1.165, 1.54) is 33.4 Å². The molecule has 2 aromatic heterocycles. The topological polar surface area (TPSA) is 29.5 Å². The highest BCUT2D eigenvalue weighted by Gasteiger charge is 2.36. The molecule has 0 saturated carbocycles. The van der Waals surface area contributed by atoms with Crippen molar-refractivity contribution >= 4 is 60.9 Å². The number of fused-ring (bicyclic) bond motifs is 9. The van der Waals surface area contributed by atoms with Crippen LogP contribution in [0.15, 0.2) is 209 Å². The molecule has 0 N–H and O–H groups in total. The van der Waals surface area contributed by atoms with E-state index < -0.39 is 0 Å². The zero-order valence-electron chi connectivity index (χ0n) is 33.3. The van der Waals surface area contributed by atoms with E-state index in [0.717, 1.165) is 83.2 Å². The molecule has 284 valence electrons. The van der Waals surface area contributed by atoms with Gasteiger partial charge in [0.2, 0.25) is 0 Å². The SMILES string of the molecule is CC1(C)c2ccccc2-c2ccc(N(c3ccc(-c4cccc5c4oc4c(-c6ccccc6)c6c(cc45)oc4ccccc46)cc3)c3ccccc3-c3ccccc3)cc21. The first-order chi connectivity index (χ1) is 29.5. The van der Waals surface area contributed by atoms with Crippen LogP contribution in [0.2, 0.25) is 0 Å². The van der Waals surface area contributed by atoms with Crippen molar-refractivity contribution in [2.75, 3.05) is 4.90 Å². The monoisotopic (exact) mass is 769 g/mol. The van der Waals surface area contributed by atoms with Gasteiger partial charge in [-0.1, -0.05) is 172 Å². The highest BCUT2D eigenvalue weighted by molar-refractivity contribution is 6.24. The molecule has 0 saturated heterocycles. The summed E-state index contributed by atoms with van der Waals surface area (Å²) in [5.74, 6) is 0. The van der Waals surface area contributed by atoms with Crippen molar-refractivity contribution in [1.29, 1.82) is 0 Å². The van der Waals surface area contributed by atoms with E-state index >= 15 is 0 Å². The van der Waals surface area contributed by atoms with Crippen molar-refractivity contribution in [2.24, 2.45) is 0 Å². The number of para-hydroxylation sites is 3. The summed E-state index contributed by atoms with van der Waals surface area (Å²) < 4.78 is 13.6. The van der Waals surface area contributed by atoms with Crippen LogP contribution in [0.25, 0.3) is 88.4 Å². The number of hydrogen-bond acceptors (Lipinski definition) is 3. The fourth-order valence-corrected chi connectivity index (χ4v) is 9.82. The van der Waals surface area contributed by atoms with Crippen LogP contribution in [-0.2, 0) is 5.41 Å². The van der Waals surface area contributed by atoms with E-state index in [-0.39, 0.29) is 5.41 Å². The van der Waals surface area contributed by atoms with Gasteiger partial charge in [0.05, 0.1) is 5.69 Å². The van der Waals surface area contributed by atoms with E-state index in [9.17, 15) is 0 Å². The Morgan fingerprint density at radius 2 is 1.00 bits per heavy atom. The van der Waals surface area contributed by atoms with Crippen LogP contribution < -0.4 is 4.90 Å². The van der Waals surface area contributed by atoms with Crippen LogP contribution in [0.4, 0.5) is 17.1 Å². The Kier molecular flexibility index (Phi) is 7.58. The third-order valence-corrected chi connectivity index (χ3v) is 12.7. The molecule has 0 unspecified atom stereocenters. The fourth-order valence-electron chi connectivity index (χ4n) is 9.82. The van der Waals surface area contributed by atoms with Crippen molar-refractivity contribution in [2.45, 2.75) is 19.3 Å². The summed E-state index contributed by atoms with van der Waals surface area (Å²) in [6.07, 6.45) is 0. The van der Waals surface area contributed by atoms with Gasteiger partial charge in [-0.05, 0) is 81.4 Å². The first kappa shape index (κ1) is 34.4. The second kappa shape index (κ2) is 13.2. The molecule has 1 aliphatic rings. The highest BCUT2D eigenvalue weighted by atomic mass is 16.3. The molecule has 60 heavy (non-hydrogen) atoms. The van der Waals surface area contributed by atoms with Crippen molar-refractivity contribution in [3.8, 4) is 44.5 Å². The summed E-state index contributed by atoms with van der Waals surface area (Å²) in [6, 6.07) is 71.7. The Labute approximate surface area is 348 Å². The molecular weight excluding hydrogens is 731 g/mol. The van der Waals surface area contributed by atoms with E-state index in [0.29, 0.717) is 0 Å². The summed E-state index contributed by atoms with van der Waals surface area (Å²) in [5, 5.41) is 4.26. The van der Waals surface area contributed by atoms with E-state index in [1.54, 1.807) is 0 Å². The van der Waals surface area contributed by atoms with Gasteiger partial charge in [-0.25, -0.2) is 0 Å². The second-order valence-corrected chi connectivity index (χ2v) is 16.4. The van der Waals surface area contributed by atoms with Gasteiger partial charge in [0.25, 0.3) is 0 Å². The molecule has 0 spiro atoms. The van der Waals surface area contributed by atoms with Gasteiger partial charge < -0.3 is 13.7 Å². The molecule has 3 nitrogen and oxygen atoms in total. The maximum absolute atomic E-state index is 7.07. The molecule has 0 amide bonds. The lowest BCUT2D eigenvalue weighted by molar-refractivity contribution is 0.660. The van der Waals surface area contributed by atoms with Gasteiger partial charge in [-0.3, -0.25) is 0 Å². The van der Waals surface area contributed by atoms with E-state index in [1.807, 2.05) is 12.1 Å². The summed E-state index contributed by atoms with van der Waals surface area (Å²) in [5.41, 5.74) is 18.6. The van der Waals surface area contributed by atoms with E-state index in [4.69, 9.17) is 8.83 Å². The predicted molar refractivity (Wildman–Crippen MR) is 250 cm³/mol. The van der Waals surface area contributed by atoms with Crippen molar-refractivity contribution in [3.63, 3.8) is 0 Å². The highest BCUT2D eigenvalue weighted by Crippen LogP contribution is 2.52. The van der Waals surface area contributed by atoms with Gasteiger partial charge >= 0.3 is 0 Å². The van der Waals surface area contributed by atoms with Gasteiger partial charge in [0.15, 0.2) is 0 Å². The van der Waals surface area contributed by atoms with Crippen molar-refractivity contribution in [1.82, 2.24) is 0 Å². The summed E-state index contributed by atoms with van der Waals surface area (Å²) in [4.78, 5) is 2.42. The first-order valence-electron chi connectivity index (χ1n) is 20.7. The molecule has 1 aliphatic carbocycles. The van der Waals surface area contributed by atoms with Gasteiger partial charge in [0, 0.05) is 55.0 Å². The lowest BCUT2D eigenvalue weighted by Crippen LogP contribution is -2.16. The van der Waals surface area contributed by atoms with Crippen LogP contribution in [0.3, 0.4) is 0 Å². The first-order valence-corrected chi connectivity index (χ1v) is 20.7. The molecule has 9 aromatic carbocycles. The predicted octanol–water partition coefficient (Wildman–Crippen LogP) is 16.3. The fraction of sp³-hybridized carbons (Fsp3) is 0.0526. The molecule has 11 aromatic rings. The minimum Gasteiger partial charge on any atom is -0.456 e. The number of nitrogens with zero attached hydrogens (tertiary/aromatic N) is 1. The van der Waals surface area contributed by atoms with Crippen LogP contribution in [0.1, 0.15) is 25.0 Å². The van der Waals surface area contributed by atoms with Crippen molar-refractivity contribution < 1.29 is 8.83 Å². The molecule has 2 heterocycles. The van der Waals surface area contributed by atoms with Crippen LogP contribution in [-0.4, -0.2) is 0 Å². The van der Waals surface area contributed by atoms with Crippen molar-refractivity contribution in [3.05, 3.63) is 211 Å². The number of hydrogen-bond donors (Lipinski definition) is 0.